The van der Waals surface area contributed by atoms with Crippen molar-refractivity contribution in [1.29, 1.82) is 0 Å². The van der Waals surface area contributed by atoms with E-state index in [1.54, 1.807) is 0 Å². The van der Waals surface area contributed by atoms with Crippen molar-refractivity contribution in [3.63, 3.8) is 0 Å². The number of nitrogens with zero attached hydrogens (tertiary/aromatic N) is 2. The molecule has 1 aliphatic carbocycles. The zero-order chi connectivity index (χ0) is 17.4. The highest BCUT2D eigenvalue weighted by Crippen LogP contribution is 2.45. The van der Waals surface area contributed by atoms with E-state index in [4.69, 9.17) is 0 Å². The fraction of sp³-hybridized carbons (Fsp3) is 0.625. The molecule has 1 heterocycles. The molecule has 1 spiro atoms. The van der Waals surface area contributed by atoms with Crippen LogP contribution in [0.1, 0.15) is 32.1 Å². The van der Waals surface area contributed by atoms with E-state index in [-0.39, 0.29) is 27.3 Å². The van der Waals surface area contributed by atoms with Gasteiger partial charge in [0, 0.05) is 34.9 Å². The van der Waals surface area contributed by atoms with Crippen molar-refractivity contribution >= 4 is 15.7 Å². The van der Waals surface area contributed by atoms with Crippen molar-refractivity contribution in [3.05, 3.63) is 29.2 Å². The third-order valence-electron chi connectivity index (χ3n) is 5.14. The third-order valence-corrected chi connectivity index (χ3v) is 6.96. The summed E-state index contributed by atoms with van der Waals surface area (Å²) in [5.41, 5.74) is 0.0221. The van der Waals surface area contributed by atoms with Crippen LogP contribution in [0.3, 0.4) is 0 Å². The predicted octanol–water partition coefficient (Wildman–Crippen LogP) is 0.730. The largest absolute Gasteiger partial charge is 0.797 e. The summed E-state index contributed by atoms with van der Waals surface area (Å²) >= 11 is 0. The Hall–Kier alpha value is -1.35. The summed E-state index contributed by atoms with van der Waals surface area (Å²) in [6.45, 7) is -0.407. The van der Waals surface area contributed by atoms with Gasteiger partial charge < -0.3 is 10.2 Å². The van der Waals surface area contributed by atoms with Gasteiger partial charge in [0.25, 0.3) is 5.69 Å². The first-order chi connectivity index (χ1) is 11.4. The number of nitroso groups, excluding NO2 is 1. The average molecular weight is 354 g/mol. The summed E-state index contributed by atoms with van der Waals surface area (Å²) in [5.74, 6) is 0. The second-order valence-electron chi connectivity index (χ2n) is 6.86. The van der Waals surface area contributed by atoms with Crippen molar-refractivity contribution in [2.45, 2.75) is 43.1 Å². The van der Waals surface area contributed by atoms with Gasteiger partial charge in [0.05, 0.1) is 11.0 Å². The molecule has 132 valence electrons. The third kappa shape index (κ3) is 3.23. The first-order valence-electron chi connectivity index (χ1n) is 8.17. The summed E-state index contributed by atoms with van der Waals surface area (Å²) in [4.78, 5) is 11.4. The number of piperidine rings is 1. The first kappa shape index (κ1) is 17.5. The van der Waals surface area contributed by atoms with Crippen LogP contribution in [0, 0.1) is 10.3 Å². The molecule has 1 aromatic carbocycles. The molecule has 7 nitrogen and oxygen atoms in total. The zero-order valence-corrected chi connectivity index (χ0v) is 14.2. The molecule has 1 saturated carbocycles. The number of aliphatic hydroxyl groups is 1. The number of aliphatic hydroxyl groups excluding tert-OH is 1. The van der Waals surface area contributed by atoms with Gasteiger partial charge in [0.2, 0.25) is 10.0 Å². The van der Waals surface area contributed by atoms with E-state index < -0.39 is 22.9 Å². The molecule has 0 bridgehead atoms. The lowest BCUT2D eigenvalue weighted by Gasteiger charge is -2.42. The van der Waals surface area contributed by atoms with Gasteiger partial charge in [-0.2, -0.15) is 4.31 Å². The zero-order valence-electron chi connectivity index (χ0n) is 13.4. The molecule has 1 saturated heterocycles. The molecule has 0 amide bonds. The van der Waals surface area contributed by atoms with Crippen LogP contribution in [0.4, 0.5) is 5.69 Å². The van der Waals surface area contributed by atoms with Crippen LogP contribution in [0.15, 0.2) is 29.2 Å². The van der Waals surface area contributed by atoms with Crippen LogP contribution in [0.2, 0.25) is 0 Å². The molecule has 1 atom stereocenters. The number of benzene rings is 1. The molecular weight excluding hydrogens is 332 g/mol. The van der Waals surface area contributed by atoms with Gasteiger partial charge in [-0.05, 0) is 36.8 Å². The van der Waals surface area contributed by atoms with Gasteiger partial charge in [-0.1, -0.05) is 12.8 Å². The monoisotopic (exact) mass is 354 g/mol. The van der Waals surface area contributed by atoms with Crippen LogP contribution in [0.25, 0.3) is 0 Å². The lowest BCUT2D eigenvalue weighted by molar-refractivity contribution is -0.639. The number of sulfonamides is 1. The van der Waals surface area contributed by atoms with E-state index in [9.17, 15) is 23.5 Å². The van der Waals surface area contributed by atoms with Crippen molar-refractivity contribution < 1.29 is 23.4 Å². The van der Waals surface area contributed by atoms with Gasteiger partial charge in [0.1, 0.15) is 6.73 Å². The molecule has 2 fully saturated rings. The molecular formula is C16H22N2O5S. The van der Waals surface area contributed by atoms with E-state index in [0.717, 1.165) is 25.7 Å². The maximum Gasteiger partial charge on any atom is 0.254 e. The fourth-order valence-electron chi connectivity index (χ4n) is 3.98. The summed E-state index contributed by atoms with van der Waals surface area (Å²) in [7, 11) is -3.73. The van der Waals surface area contributed by atoms with Crippen LogP contribution in [-0.2, 0) is 10.0 Å². The number of rotatable bonds is 4. The van der Waals surface area contributed by atoms with Crippen molar-refractivity contribution in [1.82, 2.24) is 4.31 Å². The summed E-state index contributed by atoms with van der Waals surface area (Å²) < 4.78 is 27.4. The Morgan fingerprint density at radius 1 is 1.25 bits per heavy atom. The van der Waals surface area contributed by atoms with Crippen molar-refractivity contribution in [2.75, 3.05) is 19.8 Å². The molecule has 1 N–H and O–H groups in total. The van der Waals surface area contributed by atoms with Crippen LogP contribution < -0.4 is 5.11 Å². The van der Waals surface area contributed by atoms with E-state index in [1.807, 2.05) is 0 Å². The van der Waals surface area contributed by atoms with E-state index in [1.165, 1.54) is 28.6 Å². The van der Waals surface area contributed by atoms with E-state index >= 15 is 0 Å². The van der Waals surface area contributed by atoms with Gasteiger partial charge in [0.15, 0.2) is 0 Å². The molecule has 0 aromatic heterocycles. The van der Waals surface area contributed by atoms with Gasteiger partial charge in [-0.25, -0.2) is 8.42 Å². The molecule has 1 aliphatic heterocycles. The molecule has 2 aliphatic rings. The SMILES string of the molecule is O=[N+](C[O-])c1ccc(S(=O)(=O)N2CC(O)CC3(CCCC3)C2)cc1. The molecule has 1 aromatic rings. The Bertz CT molecular complexity index is 710. The fourth-order valence-corrected chi connectivity index (χ4v) is 5.57. The number of β-amino-alcohol motifs (C(OH)–C–C–N with tert-alkyl or cyclic N) is 1. The highest BCUT2D eigenvalue weighted by Gasteiger charge is 2.44. The first-order valence-corrected chi connectivity index (χ1v) is 9.61. The topological polar surface area (TPSA) is 101 Å². The van der Waals surface area contributed by atoms with Crippen molar-refractivity contribution in [3.8, 4) is 0 Å². The minimum Gasteiger partial charge on any atom is -0.797 e. The van der Waals surface area contributed by atoms with E-state index in [0.29, 0.717) is 13.0 Å². The van der Waals surface area contributed by atoms with Gasteiger partial charge in [-0.3, -0.25) is 0 Å². The molecule has 1 unspecified atom stereocenters. The smallest absolute Gasteiger partial charge is 0.254 e. The Morgan fingerprint density at radius 2 is 1.88 bits per heavy atom. The lowest BCUT2D eigenvalue weighted by atomic mass is 9.78. The van der Waals surface area contributed by atoms with Crippen molar-refractivity contribution in [2.24, 2.45) is 5.41 Å². The Kier molecular flexibility index (Phi) is 4.74. The summed E-state index contributed by atoms with van der Waals surface area (Å²) in [5, 5.41) is 20.8. The maximum absolute atomic E-state index is 12.9. The maximum atomic E-state index is 12.9. The Balaban J connectivity index is 1.85. The second kappa shape index (κ2) is 6.51. The average Bonchev–Trinajstić information content (AvgIpc) is 3.00. The second-order valence-corrected chi connectivity index (χ2v) is 8.80. The highest BCUT2D eigenvalue weighted by molar-refractivity contribution is 7.89. The molecule has 24 heavy (non-hydrogen) atoms. The summed E-state index contributed by atoms with van der Waals surface area (Å²) in [6.07, 6.45) is 4.05. The number of hydrogen-bond donors (Lipinski definition) is 1. The predicted molar refractivity (Wildman–Crippen MR) is 84.9 cm³/mol. The Morgan fingerprint density at radius 3 is 2.46 bits per heavy atom. The molecule has 8 heteroatoms. The molecule has 3 rings (SSSR count). The standard InChI is InChI=1S/C16H22N2O5S/c19-12-18(21)13-3-5-15(6-4-13)24(22,23)17-10-14(20)9-16(11-17)7-1-2-8-16/h3-6,14,20H,1-2,7-12H2. The molecule has 0 radical (unpaired) electrons. The minimum atomic E-state index is -3.73. The quantitative estimate of drug-likeness (QED) is 0.634. The van der Waals surface area contributed by atoms with E-state index in [2.05, 4.69) is 0 Å². The highest BCUT2D eigenvalue weighted by atomic mass is 32.2. The number of hydrogen-bond acceptors (Lipinski definition) is 5. The van der Waals surface area contributed by atoms with Crippen LogP contribution in [-0.4, -0.2) is 48.5 Å². The van der Waals surface area contributed by atoms with Gasteiger partial charge in [-0.15, -0.1) is 0 Å². The normalized spacial score (nSPS) is 24.3. The van der Waals surface area contributed by atoms with Gasteiger partial charge >= 0.3 is 0 Å². The Labute approximate surface area is 141 Å². The van der Waals surface area contributed by atoms with Crippen LogP contribution in [0.5, 0.6) is 0 Å². The summed E-state index contributed by atoms with van der Waals surface area (Å²) in [6, 6.07) is 5.36. The van der Waals surface area contributed by atoms with Crippen LogP contribution >= 0.6 is 0 Å². The lowest BCUT2D eigenvalue weighted by Crippen LogP contribution is -2.50. The minimum absolute atomic E-state index is 0.0767.